The standard InChI is InChI=1S/C19H24N2O5S/c1-14-5-7-16(8-6-14)27(23,24)20-18(17-4-3-11-26-17)15(2)19(22)21-9-12-25-13-10-21/h3-8,11,15,18,20H,9-10,12-13H2,1-2H3/t15-,18+/m1/s1. The molecule has 0 spiro atoms. The molecule has 7 nitrogen and oxygen atoms in total. The highest BCUT2D eigenvalue weighted by molar-refractivity contribution is 7.89. The lowest BCUT2D eigenvalue weighted by Gasteiger charge is -2.32. The summed E-state index contributed by atoms with van der Waals surface area (Å²) in [5.74, 6) is -0.361. The number of hydrogen-bond donors (Lipinski definition) is 1. The molecule has 0 radical (unpaired) electrons. The van der Waals surface area contributed by atoms with E-state index >= 15 is 0 Å². The van der Waals surface area contributed by atoms with Crippen molar-refractivity contribution in [3.05, 3.63) is 54.0 Å². The molecule has 1 aromatic heterocycles. The van der Waals surface area contributed by atoms with Crippen LogP contribution in [0.25, 0.3) is 0 Å². The summed E-state index contributed by atoms with van der Waals surface area (Å²) in [6.07, 6.45) is 1.47. The molecular formula is C19H24N2O5S. The van der Waals surface area contributed by atoms with Gasteiger partial charge in [0.05, 0.1) is 36.3 Å². The van der Waals surface area contributed by atoms with Crippen molar-refractivity contribution in [2.75, 3.05) is 26.3 Å². The van der Waals surface area contributed by atoms with E-state index in [0.29, 0.717) is 32.1 Å². The summed E-state index contributed by atoms with van der Waals surface area (Å²) in [4.78, 5) is 14.7. The molecule has 1 fully saturated rings. The Bertz CT molecular complexity index is 856. The van der Waals surface area contributed by atoms with Gasteiger partial charge in [0.25, 0.3) is 0 Å². The zero-order valence-electron chi connectivity index (χ0n) is 15.4. The first kappa shape index (κ1) is 19.6. The molecule has 1 aliphatic rings. The van der Waals surface area contributed by atoms with Gasteiger partial charge in [-0.15, -0.1) is 0 Å². The van der Waals surface area contributed by atoms with Gasteiger partial charge in [0.15, 0.2) is 0 Å². The zero-order valence-corrected chi connectivity index (χ0v) is 16.2. The van der Waals surface area contributed by atoms with Crippen LogP contribution in [0.3, 0.4) is 0 Å². The maximum absolute atomic E-state index is 12.9. The largest absolute Gasteiger partial charge is 0.468 e. The number of carbonyl (C=O) groups excluding carboxylic acids is 1. The number of rotatable bonds is 6. The van der Waals surface area contributed by atoms with E-state index in [2.05, 4.69) is 4.72 Å². The molecule has 1 aliphatic heterocycles. The molecule has 1 amide bonds. The number of furan rings is 1. The van der Waals surface area contributed by atoms with Crippen LogP contribution in [0.2, 0.25) is 0 Å². The van der Waals surface area contributed by atoms with Crippen molar-refractivity contribution in [2.24, 2.45) is 5.92 Å². The molecule has 2 heterocycles. The highest BCUT2D eigenvalue weighted by Gasteiger charge is 2.34. The maximum atomic E-state index is 12.9. The minimum Gasteiger partial charge on any atom is -0.468 e. The van der Waals surface area contributed by atoms with Crippen LogP contribution in [0, 0.1) is 12.8 Å². The van der Waals surface area contributed by atoms with E-state index in [-0.39, 0.29) is 10.8 Å². The van der Waals surface area contributed by atoms with Crippen LogP contribution in [0.5, 0.6) is 0 Å². The number of ether oxygens (including phenoxy) is 1. The predicted molar refractivity (Wildman–Crippen MR) is 99.5 cm³/mol. The van der Waals surface area contributed by atoms with Gasteiger partial charge >= 0.3 is 0 Å². The fourth-order valence-corrected chi connectivity index (χ4v) is 4.33. The Morgan fingerprint density at radius 1 is 1.15 bits per heavy atom. The Hall–Kier alpha value is -2.16. The highest BCUT2D eigenvalue weighted by Crippen LogP contribution is 2.27. The average molecular weight is 392 g/mol. The van der Waals surface area contributed by atoms with Gasteiger partial charge in [0.1, 0.15) is 5.76 Å². The first-order valence-electron chi connectivity index (χ1n) is 8.87. The molecule has 1 aromatic carbocycles. The summed E-state index contributed by atoms with van der Waals surface area (Å²) in [6.45, 7) is 5.57. The normalized spacial score (nSPS) is 17.5. The molecule has 0 unspecified atom stereocenters. The van der Waals surface area contributed by atoms with E-state index in [1.165, 1.54) is 6.26 Å². The zero-order chi connectivity index (χ0) is 19.4. The van der Waals surface area contributed by atoms with Crippen molar-refractivity contribution in [3.8, 4) is 0 Å². The monoisotopic (exact) mass is 392 g/mol. The molecule has 3 rings (SSSR count). The molecule has 146 valence electrons. The molecule has 0 aliphatic carbocycles. The SMILES string of the molecule is Cc1ccc(S(=O)(=O)N[C@H](c2ccco2)[C@@H](C)C(=O)N2CCOCC2)cc1. The lowest BCUT2D eigenvalue weighted by atomic mass is 9.99. The fraction of sp³-hybridized carbons (Fsp3) is 0.421. The second-order valence-corrected chi connectivity index (χ2v) is 8.37. The molecule has 0 bridgehead atoms. The van der Waals surface area contributed by atoms with E-state index in [1.54, 1.807) is 48.2 Å². The summed E-state index contributed by atoms with van der Waals surface area (Å²) in [5, 5.41) is 0. The van der Waals surface area contributed by atoms with Crippen LogP contribution >= 0.6 is 0 Å². The van der Waals surface area contributed by atoms with Crippen molar-refractivity contribution in [3.63, 3.8) is 0 Å². The quantitative estimate of drug-likeness (QED) is 0.813. The van der Waals surface area contributed by atoms with Gasteiger partial charge in [-0.05, 0) is 31.2 Å². The van der Waals surface area contributed by atoms with Gasteiger partial charge < -0.3 is 14.1 Å². The number of aryl methyl sites for hydroxylation is 1. The van der Waals surface area contributed by atoms with Gasteiger partial charge in [-0.25, -0.2) is 8.42 Å². The number of morpholine rings is 1. The molecule has 27 heavy (non-hydrogen) atoms. The van der Waals surface area contributed by atoms with Gasteiger partial charge in [0, 0.05) is 13.1 Å². The summed E-state index contributed by atoms with van der Waals surface area (Å²) in [6, 6.07) is 9.11. The predicted octanol–water partition coefficient (Wildman–Crippen LogP) is 2.10. The Balaban J connectivity index is 1.85. The smallest absolute Gasteiger partial charge is 0.241 e. The average Bonchev–Trinajstić information content (AvgIpc) is 3.20. The number of sulfonamides is 1. The summed E-state index contributed by atoms with van der Waals surface area (Å²) < 4.78 is 39.1. The Labute approximate surface area is 159 Å². The first-order chi connectivity index (χ1) is 12.9. The second-order valence-electron chi connectivity index (χ2n) is 6.65. The van der Waals surface area contributed by atoms with E-state index in [0.717, 1.165) is 5.56 Å². The van der Waals surface area contributed by atoms with Crippen LogP contribution in [0.1, 0.15) is 24.3 Å². The molecule has 2 atom stereocenters. The van der Waals surface area contributed by atoms with Crippen molar-refractivity contribution in [2.45, 2.75) is 24.8 Å². The lowest BCUT2D eigenvalue weighted by molar-refractivity contribution is -0.140. The molecular weight excluding hydrogens is 368 g/mol. The van der Waals surface area contributed by atoms with Gasteiger partial charge in [-0.3, -0.25) is 4.79 Å². The number of benzene rings is 1. The second kappa shape index (κ2) is 8.24. The fourth-order valence-electron chi connectivity index (χ4n) is 3.04. The lowest BCUT2D eigenvalue weighted by Crippen LogP contribution is -2.46. The van der Waals surface area contributed by atoms with Gasteiger partial charge in [-0.1, -0.05) is 24.6 Å². The van der Waals surface area contributed by atoms with Crippen molar-refractivity contribution >= 4 is 15.9 Å². The Kier molecular flexibility index (Phi) is 5.98. The van der Waals surface area contributed by atoms with Crippen LogP contribution < -0.4 is 4.72 Å². The molecule has 8 heteroatoms. The van der Waals surface area contributed by atoms with Crippen LogP contribution in [0.15, 0.2) is 52.0 Å². The Morgan fingerprint density at radius 3 is 2.41 bits per heavy atom. The molecule has 2 aromatic rings. The number of amides is 1. The van der Waals surface area contributed by atoms with E-state index in [4.69, 9.17) is 9.15 Å². The highest BCUT2D eigenvalue weighted by atomic mass is 32.2. The van der Waals surface area contributed by atoms with Crippen LogP contribution in [-0.4, -0.2) is 45.5 Å². The third-order valence-electron chi connectivity index (χ3n) is 4.68. The molecule has 1 N–H and O–H groups in total. The number of nitrogens with zero attached hydrogens (tertiary/aromatic N) is 1. The third-order valence-corrected chi connectivity index (χ3v) is 6.13. The van der Waals surface area contributed by atoms with Crippen molar-refractivity contribution in [1.29, 1.82) is 0 Å². The minimum absolute atomic E-state index is 0.133. The first-order valence-corrected chi connectivity index (χ1v) is 10.4. The minimum atomic E-state index is -3.82. The topological polar surface area (TPSA) is 88.8 Å². The van der Waals surface area contributed by atoms with Crippen LogP contribution in [0.4, 0.5) is 0 Å². The summed E-state index contributed by atoms with van der Waals surface area (Å²) in [5.41, 5.74) is 0.965. The van der Waals surface area contributed by atoms with E-state index in [9.17, 15) is 13.2 Å². The van der Waals surface area contributed by atoms with Gasteiger partial charge in [0.2, 0.25) is 15.9 Å². The van der Waals surface area contributed by atoms with E-state index in [1.807, 2.05) is 6.92 Å². The van der Waals surface area contributed by atoms with Gasteiger partial charge in [-0.2, -0.15) is 4.72 Å². The summed E-state index contributed by atoms with van der Waals surface area (Å²) >= 11 is 0. The van der Waals surface area contributed by atoms with Crippen molar-refractivity contribution in [1.82, 2.24) is 9.62 Å². The summed E-state index contributed by atoms with van der Waals surface area (Å²) in [7, 11) is -3.82. The molecule has 0 saturated carbocycles. The van der Waals surface area contributed by atoms with Crippen molar-refractivity contribution < 1.29 is 22.4 Å². The number of carbonyl (C=O) groups is 1. The maximum Gasteiger partial charge on any atom is 0.241 e. The Morgan fingerprint density at radius 2 is 1.81 bits per heavy atom. The third kappa shape index (κ3) is 4.58. The van der Waals surface area contributed by atoms with E-state index < -0.39 is 22.0 Å². The molecule has 1 saturated heterocycles. The van der Waals surface area contributed by atoms with Crippen LogP contribution in [-0.2, 0) is 19.6 Å². The number of hydrogen-bond acceptors (Lipinski definition) is 5. The number of nitrogens with one attached hydrogen (secondary N) is 1.